The fraction of sp³-hybridized carbons (Fsp3) is 0.250. The summed E-state index contributed by atoms with van der Waals surface area (Å²) in [6.45, 7) is 5.79. The molecule has 0 atom stereocenters. The molecule has 1 aromatic heterocycles. The smallest absolute Gasteiger partial charge is 0.219 e. The second-order valence-corrected chi connectivity index (χ2v) is 4.77. The average molecular weight is 255 g/mol. The maximum absolute atomic E-state index is 11.3. The summed E-state index contributed by atoms with van der Waals surface area (Å²) in [6.07, 6.45) is 1.58. The number of benzene rings is 1. The highest BCUT2D eigenvalue weighted by molar-refractivity contribution is 5.94. The lowest BCUT2D eigenvalue weighted by atomic mass is 10.0. The normalized spacial score (nSPS) is 10.5. The first-order valence-electron chi connectivity index (χ1n) is 6.31. The third-order valence-electron chi connectivity index (χ3n) is 2.89. The zero-order valence-corrected chi connectivity index (χ0v) is 11.4. The lowest BCUT2D eigenvalue weighted by Crippen LogP contribution is -1.95. The van der Waals surface area contributed by atoms with Crippen molar-refractivity contribution in [1.29, 1.82) is 0 Å². The van der Waals surface area contributed by atoms with Gasteiger partial charge in [0.1, 0.15) is 5.75 Å². The molecule has 0 aliphatic carbocycles. The van der Waals surface area contributed by atoms with Gasteiger partial charge in [0, 0.05) is 17.8 Å². The Morgan fingerprint density at radius 1 is 1.21 bits per heavy atom. The Balaban J connectivity index is 2.23. The van der Waals surface area contributed by atoms with Crippen LogP contribution in [0.2, 0.25) is 0 Å². The number of hydrogen-bond acceptors (Lipinski definition) is 3. The van der Waals surface area contributed by atoms with E-state index in [1.807, 2.05) is 18.2 Å². The molecule has 0 saturated heterocycles. The molecule has 3 nitrogen and oxygen atoms in total. The Kier molecular flexibility index (Phi) is 3.95. The molecule has 2 aromatic rings. The van der Waals surface area contributed by atoms with Gasteiger partial charge in [-0.1, -0.05) is 26.0 Å². The van der Waals surface area contributed by atoms with E-state index in [-0.39, 0.29) is 5.78 Å². The third kappa shape index (κ3) is 3.41. The van der Waals surface area contributed by atoms with Crippen molar-refractivity contribution in [3.8, 4) is 11.6 Å². The number of aromatic nitrogens is 1. The summed E-state index contributed by atoms with van der Waals surface area (Å²) >= 11 is 0. The Labute approximate surface area is 113 Å². The summed E-state index contributed by atoms with van der Waals surface area (Å²) in [5.74, 6) is 1.62. The molecule has 0 saturated carbocycles. The fourth-order valence-electron chi connectivity index (χ4n) is 1.74. The van der Waals surface area contributed by atoms with Crippen LogP contribution in [0, 0.1) is 0 Å². The van der Waals surface area contributed by atoms with Crippen LogP contribution in [0.25, 0.3) is 0 Å². The van der Waals surface area contributed by atoms with Crippen molar-refractivity contribution in [2.24, 2.45) is 0 Å². The van der Waals surface area contributed by atoms with Crippen LogP contribution in [0.4, 0.5) is 0 Å². The van der Waals surface area contributed by atoms with Crippen LogP contribution in [0.15, 0.2) is 42.6 Å². The molecule has 0 bridgehead atoms. The van der Waals surface area contributed by atoms with E-state index in [1.54, 1.807) is 18.3 Å². The molecular weight excluding hydrogens is 238 g/mol. The minimum Gasteiger partial charge on any atom is -0.439 e. The van der Waals surface area contributed by atoms with Gasteiger partial charge in [-0.2, -0.15) is 0 Å². The molecule has 19 heavy (non-hydrogen) atoms. The third-order valence-corrected chi connectivity index (χ3v) is 2.89. The molecule has 0 N–H and O–H groups in total. The van der Waals surface area contributed by atoms with E-state index < -0.39 is 0 Å². The number of pyridine rings is 1. The van der Waals surface area contributed by atoms with Crippen LogP contribution < -0.4 is 4.74 Å². The highest BCUT2D eigenvalue weighted by atomic mass is 16.5. The minimum absolute atomic E-state index is 0.00295. The Bertz CT molecular complexity index is 591. The number of hydrogen-bond donors (Lipinski definition) is 0. The summed E-state index contributed by atoms with van der Waals surface area (Å²) in [4.78, 5) is 15.4. The number of rotatable bonds is 4. The second-order valence-electron chi connectivity index (χ2n) is 4.77. The first kappa shape index (κ1) is 13.3. The minimum atomic E-state index is 0.00295. The number of carbonyl (C=O) groups is 1. The van der Waals surface area contributed by atoms with Crippen molar-refractivity contribution >= 4 is 5.78 Å². The molecule has 0 aliphatic rings. The van der Waals surface area contributed by atoms with Gasteiger partial charge in [-0.3, -0.25) is 4.79 Å². The summed E-state index contributed by atoms with van der Waals surface area (Å²) in [5.41, 5.74) is 1.81. The van der Waals surface area contributed by atoms with Crippen LogP contribution in [-0.2, 0) is 0 Å². The second kappa shape index (κ2) is 5.65. The summed E-state index contributed by atoms with van der Waals surface area (Å²) in [5, 5.41) is 0. The first-order valence-corrected chi connectivity index (χ1v) is 6.31. The predicted octanol–water partition coefficient (Wildman–Crippen LogP) is 4.20. The van der Waals surface area contributed by atoms with Gasteiger partial charge < -0.3 is 4.74 Å². The zero-order chi connectivity index (χ0) is 13.8. The maximum atomic E-state index is 11.3. The van der Waals surface area contributed by atoms with Crippen molar-refractivity contribution in [2.75, 3.05) is 0 Å². The van der Waals surface area contributed by atoms with E-state index in [4.69, 9.17) is 4.74 Å². The van der Waals surface area contributed by atoms with Gasteiger partial charge in [0.15, 0.2) is 5.78 Å². The van der Waals surface area contributed by atoms with Crippen molar-refractivity contribution in [2.45, 2.75) is 26.7 Å². The van der Waals surface area contributed by atoms with Crippen LogP contribution in [0.1, 0.15) is 42.6 Å². The SMILES string of the molecule is CC(=O)c1ccnc(Oc2cccc(C(C)C)c2)c1. The molecule has 0 aliphatic heterocycles. The Morgan fingerprint density at radius 2 is 2.00 bits per heavy atom. The average Bonchev–Trinajstić information content (AvgIpc) is 2.39. The fourth-order valence-corrected chi connectivity index (χ4v) is 1.74. The molecule has 1 aromatic carbocycles. The Hall–Kier alpha value is -2.16. The van der Waals surface area contributed by atoms with Gasteiger partial charge in [0.05, 0.1) is 0 Å². The standard InChI is InChI=1S/C16H17NO2/c1-11(2)13-5-4-6-15(9-13)19-16-10-14(12(3)18)7-8-17-16/h4-11H,1-3H3. The molecule has 0 spiro atoms. The molecule has 0 unspecified atom stereocenters. The summed E-state index contributed by atoms with van der Waals surface area (Å²) < 4.78 is 5.70. The molecular formula is C16H17NO2. The van der Waals surface area contributed by atoms with E-state index in [1.165, 1.54) is 12.5 Å². The van der Waals surface area contributed by atoms with E-state index in [0.717, 1.165) is 5.75 Å². The van der Waals surface area contributed by atoms with Crippen molar-refractivity contribution in [3.63, 3.8) is 0 Å². The Morgan fingerprint density at radius 3 is 2.68 bits per heavy atom. The predicted molar refractivity (Wildman–Crippen MR) is 74.8 cm³/mol. The lowest BCUT2D eigenvalue weighted by molar-refractivity contribution is 0.101. The van der Waals surface area contributed by atoms with E-state index in [0.29, 0.717) is 17.4 Å². The van der Waals surface area contributed by atoms with E-state index >= 15 is 0 Å². The summed E-state index contributed by atoms with van der Waals surface area (Å²) in [7, 11) is 0. The quantitative estimate of drug-likeness (QED) is 0.768. The molecule has 2 rings (SSSR count). The van der Waals surface area contributed by atoms with Crippen molar-refractivity contribution < 1.29 is 9.53 Å². The van der Waals surface area contributed by atoms with Gasteiger partial charge in [-0.05, 0) is 36.6 Å². The largest absolute Gasteiger partial charge is 0.439 e. The number of Topliss-reactive ketones (excluding diaryl/α,β-unsaturated/α-hetero) is 1. The van der Waals surface area contributed by atoms with E-state index in [2.05, 4.69) is 24.9 Å². The van der Waals surface area contributed by atoms with Crippen LogP contribution in [0.5, 0.6) is 11.6 Å². The number of ether oxygens (including phenoxy) is 1. The van der Waals surface area contributed by atoms with Crippen LogP contribution in [-0.4, -0.2) is 10.8 Å². The van der Waals surface area contributed by atoms with Gasteiger partial charge >= 0.3 is 0 Å². The van der Waals surface area contributed by atoms with Gasteiger partial charge in [-0.15, -0.1) is 0 Å². The maximum Gasteiger partial charge on any atom is 0.219 e. The molecule has 3 heteroatoms. The van der Waals surface area contributed by atoms with Gasteiger partial charge in [-0.25, -0.2) is 4.98 Å². The molecule has 0 radical (unpaired) electrons. The molecule has 0 amide bonds. The highest BCUT2D eigenvalue weighted by Crippen LogP contribution is 2.24. The monoisotopic (exact) mass is 255 g/mol. The topological polar surface area (TPSA) is 39.2 Å². The zero-order valence-electron chi connectivity index (χ0n) is 11.4. The number of nitrogens with zero attached hydrogens (tertiary/aromatic N) is 1. The van der Waals surface area contributed by atoms with Gasteiger partial charge in [0.2, 0.25) is 5.88 Å². The molecule has 1 heterocycles. The van der Waals surface area contributed by atoms with Crippen LogP contribution >= 0.6 is 0 Å². The van der Waals surface area contributed by atoms with Gasteiger partial charge in [0.25, 0.3) is 0 Å². The van der Waals surface area contributed by atoms with E-state index in [9.17, 15) is 4.79 Å². The summed E-state index contributed by atoms with van der Waals surface area (Å²) in [6, 6.07) is 11.2. The highest BCUT2D eigenvalue weighted by Gasteiger charge is 2.05. The van der Waals surface area contributed by atoms with Crippen LogP contribution in [0.3, 0.4) is 0 Å². The number of ketones is 1. The molecule has 98 valence electrons. The van der Waals surface area contributed by atoms with Crippen molar-refractivity contribution in [3.05, 3.63) is 53.7 Å². The number of carbonyl (C=O) groups excluding carboxylic acids is 1. The molecule has 0 fully saturated rings. The first-order chi connectivity index (χ1) is 9.06. The lowest BCUT2D eigenvalue weighted by Gasteiger charge is -2.09. The van der Waals surface area contributed by atoms with Crippen molar-refractivity contribution in [1.82, 2.24) is 4.98 Å².